The lowest BCUT2D eigenvalue weighted by Crippen LogP contribution is -2.23. The van der Waals surface area contributed by atoms with Crippen molar-refractivity contribution in [2.24, 2.45) is 5.14 Å². The number of hydrogen-bond donors (Lipinski definition) is 2. The molecule has 1 amide bonds. The van der Waals surface area contributed by atoms with Gasteiger partial charge in [0.25, 0.3) is 15.9 Å². The van der Waals surface area contributed by atoms with Gasteiger partial charge in [0.2, 0.25) is 0 Å². The van der Waals surface area contributed by atoms with Crippen LogP contribution in [0.2, 0.25) is 0 Å². The van der Waals surface area contributed by atoms with Crippen LogP contribution >= 0.6 is 0 Å². The molecule has 0 unspecified atom stereocenters. The molecule has 0 saturated heterocycles. The standard InChI is InChI=1S/C12H12N4O3S/c13-20(18,19)11-7-9(1-6-15-11)8-16-12(17)10-2-4-14-5-3-10/h1-7H,8H2,(H,16,17)(H2,13,18,19). The predicted octanol–water partition coefficient (Wildman–Crippen LogP) is 0.0540. The lowest BCUT2D eigenvalue weighted by atomic mass is 10.2. The Labute approximate surface area is 115 Å². The molecule has 2 aromatic heterocycles. The van der Waals surface area contributed by atoms with Crippen molar-refractivity contribution < 1.29 is 13.2 Å². The fraction of sp³-hybridized carbons (Fsp3) is 0.0833. The maximum absolute atomic E-state index is 11.8. The van der Waals surface area contributed by atoms with E-state index in [-0.39, 0.29) is 17.5 Å². The van der Waals surface area contributed by atoms with Crippen molar-refractivity contribution >= 4 is 15.9 Å². The molecule has 3 N–H and O–H groups in total. The number of carbonyl (C=O) groups is 1. The molecule has 0 radical (unpaired) electrons. The Kier molecular flexibility index (Phi) is 4.06. The normalized spacial score (nSPS) is 11.1. The summed E-state index contributed by atoms with van der Waals surface area (Å²) in [6.07, 6.45) is 4.36. The molecule has 0 atom stereocenters. The number of primary sulfonamides is 1. The summed E-state index contributed by atoms with van der Waals surface area (Å²) in [5.74, 6) is -0.277. The zero-order valence-corrected chi connectivity index (χ0v) is 11.2. The lowest BCUT2D eigenvalue weighted by molar-refractivity contribution is 0.0950. The summed E-state index contributed by atoms with van der Waals surface area (Å²) in [6.45, 7) is 0.173. The van der Waals surface area contributed by atoms with Crippen molar-refractivity contribution in [1.82, 2.24) is 15.3 Å². The van der Waals surface area contributed by atoms with Crippen LogP contribution < -0.4 is 10.5 Å². The van der Waals surface area contributed by atoms with Crippen molar-refractivity contribution in [3.05, 3.63) is 54.0 Å². The Bertz CT molecular complexity index is 716. The van der Waals surface area contributed by atoms with Gasteiger partial charge in [0, 0.05) is 30.7 Å². The highest BCUT2D eigenvalue weighted by molar-refractivity contribution is 7.89. The first-order valence-corrected chi connectivity index (χ1v) is 7.17. The maximum Gasteiger partial charge on any atom is 0.255 e. The molecule has 7 nitrogen and oxygen atoms in total. The van der Waals surface area contributed by atoms with Gasteiger partial charge in [-0.1, -0.05) is 0 Å². The van der Waals surface area contributed by atoms with E-state index in [1.165, 1.54) is 24.7 Å². The molecule has 0 aliphatic heterocycles. The van der Waals surface area contributed by atoms with Gasteiger partial charge < -0.3 is 5.32 Å². The molecular formula is C12H12N4O3S. The summed E-state index contributed by atoms with van der Waals surface area (Å²) in [5.41, 5.74) is 1.06. The van der Waals surface area contributed by atoms with Gasteiger partial charge in [0.15, 0.2) is 5.03 Å². The van der Waals surface area contributed by atoms with Crippen LogP contribution in [0.15, 0.2) is 47.9 Å². The van der Waals surface area contributed by atoms with Crippen molar-refractivity contribution in [3.8, 4) is 0 Å². The third kappa shape index (κ3) is 3.59. The van der Waals surface area contributed by atoms with E-state index in [4.69, 9.17) is 5.14 Å². The zero-order valence-electron chi connectivity index (χ0n) is 10.4. The van der Waals surface area contributed by atoms with Gasteiger partial charge in [-0.2, -0.15) is 0 Å². The van der Waals surface area contributed by atoms with E-state index in [1.54, 1.807) is 18.2 Å². The van der Waals surface area contributed by atoms with E-state index < -0.39 is 10.0 Å². The summed E-state index contributed by atoms with van der Waals surface area (Å²) in [5, 5.41) is 7.42. The minimum Gasteiger partial charge on any atom is -0.348 e. The molecule has 20 heavy (non-hydrogen) atoms. The van der Waals surface area contributed by atoms with Crippen LogP contribution in [-0.4, -0.2) is 24.3 Å². The molecule has 104 valence electrons. The van der Waals surface area contributed by atoms with Gasteiger partial charge >= 0.3 is 0 Å². The summed E-state index contributed by atoms with van der Waals surface area (Å²) >= 11 is 0. The monoisotopic (exact) mass is 292 g/mol. The van der Waals surface area contributed by atoms with E-state index in [2.05, 4.69) is 15.3 Å². The third-order valence-electron chi connectivity index (χ3n) is 2.49. The average Bonchev–Trinajstić information content (AvgIpc) is 2.45. The number of nitrogens with one attached hydrogen (secondary N) is 1. The van der Waals surface area contributed by atoms with Crippen molar-refractivity contribution in [3.63, 3.8) is 0 Å². The molecule has 2 aromatic rings. The third-order valence-corrected chi connectivity index (χ3v) is 3.29. The molecule has 0 bridgehead atoms. The van der Waals surface area contributed by atoms with Gasteiger partial charge in [0.1, 0.15) is 0 Å². The highest BCUT2D eigenvalue weighted by Gasteiger charge is 2.10. The molecule has 0 saturated carbocycles. The minimum atomic E-state index is -3.85. The number of carbonyl (C=O) groups excluding carboxylic acids is 1. The van der Waals surface area contributed by atoms with Crippen molar-refractivity contribution in [1.29, 1.82) is 0 Å². The maximum atomic E-state index is 11.8. The highest BCUT2D eigenvalue weighted by atomic mass is 32.2. The number of rotatable bonds is 4. The molecular weight excluding hydrogens is 280 g/mol. The molecule has 8 heteroatoms. The number of nitrogens with zero attached hydrogens (tertiary/aromatic N) is 2. The Balaban J connectivity index is 2.07. The SMILES string of the molecule is NS(=O)(=O)c1cc(CNC(=O)c2ccncc2)ccn1. The Morgan fingerprint density at radius 3 is 2.55 bits per heavy atom. The largest absolute Gasteiger partial charge is 0.348 e. The lowest BCUT2D eigenvalue weighted by Gasteiger charge is -2.06. The Morgan fingerprint density at radius 1 is 1.20 bits per heavy atom. The fourth-order valence-corrected chi connectivity index (χ4v) is 2.03. The van der Waals surface area contributed by atoms with Gasteiger partial charge in [-0.3, -0.25) is 9.78 Å². The number of sulfonamides is 1. The van der Waals surface area contributed by atoms with E-state index >= 15 is 0 Å². The summed E-state index contributed by atoms with van der Waals surface area (Å²) in [4.78, 5) is 19.3. The Morgan fingerprint density at radius 2 is 1.90 bits per heavy atom. The summed E-state index contributed by atoms with van der Waals surface area (Å²) in [7, 11) is -3.85. The average molecular weight is 292 g/mol. The molecule has 0 fully saturated rings. The van der Waals surface area contributed by atoms with E-state index in [9.17, 15) is 13.2 Å². The molecule has 0 aliphatic rings. The van der Waals surface area contributed by atoms with Crippen molar-refractivity contribution in [2.45, 2.75) is 11.6 Å². The second kappa shape index (κ2) is 5.76. The predicted molar refractivity (Wildman–Crippen MR) is 71.0 cm³/mol. The quantitative estimate of drug-likeness (QED) is 0.826. The van der Waals surface area contributed by atoms with Gasteiger partial charge in [-0.25, -0.2) is 18.5 Å². The first-order valence-electron chi connectivity index (χ1n) is 5.63. The second-order valence-electron chi connectivity index (χ2n) is 3.97. The molecule has 0 aromatic carbocycles. The first kappa shape index (κ1) is 14.1. The van der Waals surface area contributed by atoms with Gasteiger partial charge in [-0.05, 0) is 29.8 Å². The number of pyridine rings is 2. The fourth-order valence-electron chi connectivity index (χ4n) is 1.50. The summed E-state index contributed by atoms with van der Waals surface area (Å²) < 4.78 is 22.3. The smallest absolute Gasteiger partial charge is 0.255 e. The van der Waals surface area contributed by atoms with Crippen LogP contribution in [0.3, 0.4) is 0 Å². The van der Waals surface area contributed by atoms with Crippen LogP contribution in [0.4, 0.5) is 0 Å². The van der Waals surface area contributed by atoms with E-state index in [0.29, 0.717) is 11.1 Å². The molecule has 0 aliphatic carbocycles. The van der Waals surface area contributed by atoms with Crippen LogP contribution in [0.5, 0.6) is 0 Å². The van der Waals surface area contributed by atoms with Crippen LogP contribution in [0, 0.1) is 0 Å². The first-order chi connectivity index (χ1) is 9.47. The topological polar surface area (TPSA) is 115 Å². The number of nitrogens with two attached hydrogens (primary N) is 1. The van der Waals surface area contributed by atoms with Gasteiger partial charge in [0.05, 0.1) is 0 Å². The summed E-state index contributed by atoms with van der Waals surface area (Å²) in [6, 6.07) is 6.08. The zero-order chi connectivity index (χ0) is 14.6. The van der Waals surface area contributed by atoms with E-state index in [0.717, 1.165) is 0 Å². The van der Waals surface area contributed by atoms with Crippen LogP contribution in [0.25, 0.3) is 0 Å². The second-order valence-corrected chi connectivity index (χ2v) is 5.47. The number of hydrogen-bond acceptors (Lipinski definition) is 5. The molecule has 0 spiro atoms. The van der Waals surface area contributed by atoms with E-state index in [1.807, 2.05) is 0 Å². The molecule has 2 heterocycles. The minimum absolute atomic E-state index is 0.173. The van der Waals surface area contributed by atoms with Crippen molar-refractivity contribution in [2.75, 3.05) is 0 Å². The van der Waals surface area contributed by atoms with Crippen LogP contribution in [0.1, 0.15) is 15.9 Å². The van der Waals surface area contributed by atoms with Crippen LogP contribution in [-0.2, 0) is 16.6 Å². The Hall–Kier alpha value is -2.32. The number of amides is 1. The molecule has 2 rings (SSSR count). The number of aromatic nitrogens is 2. The highest BCUT2D eigenvalue weighted by Crippen LogP contribution is 2.06. The van der Waals surface area contributed by atoms with Gasteiger partial charge in [-0.15, -0.1) is 0 Å².